The quantitative estimate of drug-likeness (QED) is 0.730. The zero-order valence-corrected chi connectivity index (χ0v) is 11.5. The Balaban J connectivity index is 1.74. The standard InChI is InChI=1S/C14H22N2O3/c1-2-19-14(18)16-9-7-15(8-10-16)13(17)11-12-5-3-4-6-12/h3,5,12H,2,4,6-11H2,1H3/t12-/m1/s1. The Morgan fingerprint density at radius 1 is 1.21 bits per heavy atom. The predicted molar refractivity (Wildman–Crippen MR) is 71.7 cm³/mol. The normalized spacial score (nSPS) is 22.7. The van der Waals surface area contributed by atoms with Gasteiger partial charge in [-0.25, -0.2) is 4.79 Å². The van der Waals surface area contributed by atoms with E-state index in [1.807, 2.05) is 4.90 Å². The number of hydrogen-bond donors (Lipinski definition) is 0. The fourth-order valence-electron chi connectivity index (χ4n) is 2.57. The minimum absolute atomic E-state index is 0.208. The van der Waals surface area contributed by atoms with Gasteiger partial charge in [-0.1, -0.05) is 12.2 Å². The summed E-state index contributed by atoms with van der Waals surface area (Å²) in [6.07, 6.45) is 6.82. The Morgan fingerprint density at radius 3 is 2.47 bits per heavy atom. The van der Waals surface area contributed by atoms with Gasteiger partial charge in [-0.15, -0.1) is 0 Å². The number of ether oxygens (including phenoxy) is 1. The van der Waals surface area contributed by atoms with Gasteiger partial charge in [0.1, 0.15) is 0 Å². The maximum absolute atomic E-state index is 12.1. The molecule has 1 aliphatic carbocycles. The number of nitrogens with zero attached hydrogens (tertiary/aromatic N) is 2. The highest BCUT2D eigenvalue weighted by atomic mass is 16.6. The van der Waals surface area contributed by atoms with Crippen molar-refractivity contribution in [2.75, 3.05) is 32.8 Å². The fourth-order valence-corrected chi connectivity index (χ4v) is 2.57. The van der Waals surface area contributed by atoms with E-state index in [-0.39, 0.29) is 12.0 Å². The molecule has 0 spiro atoms. The first-order valence-electron chi connectivity index (χ1n) is 7.07. The molecule has 5 nitrogen and oxygen atoms in total. The molecule has 0 aromatic carbocycles. The van der Waals surface area contributed by atoms with Gasteiger partial charge in [-0.3, -0.25) is 4.79 Å². The summed E-state index contributed by atoms with van der Waals surface area (Å²) in [5, 5.41) is 0. The number of allylic oxidation sites excluding steroid dienone is 2. The van der Waals surface area contributed by atoms with Crippen molar-refractivity contribution in [1.82, 2.24) is 9.80 Å². The molecular weight excluding hydrogens is 244 g/mol. The molecule has 2 aliphatic rings. The van der Waals surface area contributed by atoms with Crippen molar-refractivity contribution >= 4 is 12.0 Å². The molecule has 1 saturated heterocycles. The zero-order valence-electron chi connectivity index (χ0n) is 11.5. The van der Waals surface area contributed by atoms with E-state index >= 15 is 0 Å². The SMILES string of the molecule is CCOC(=O)N1CCN(C(=O)C[C@@H]2C=CCC2)CC1. The molecule has 0 bridgehead atoms. The number of carbonyl (C=O) groups excluding carboxylic acids is 2. The first-order valence-corrected chi connectivity index (χ1v) is 7.07. The minimum atomic E-state index is -0.270. The van der Waals surface area contributed by atoms with Crippen LogP contribution in [0.2, 0.25) is 0 Å². The van der Waals surface area contributed by atoms with Crippen LogP contribution in [-0.4, -0.2) is 54.6 Å². The summed E-state index contributed by atoms with van der Waals surface area (Å²) >= 11 is 0. The number of piperazine rings is 1. The van der Waals surface area contributed by atoms with E-state index in [2.05, 4.69) is 12.2 Å². The third-order valence-corrected chi connectivity index (χ3v) is 3.71. The van der Waals surface area contributed by atoms with Gasteiger partial charge in [-0.2, -0.15) is 0 Å². The first-order chi connectivity index (χ1) is 9.20. The lowest BCUT2D eigenvalue weighted by Gasteiger charge is -2.34. The van der Waals surface area contributed by atoms with Crippen LogP contribution in [0.1, 0.15) is 26.2 Å². The third-order valence-electron chi connectivity index (χ3n) is 3.71. The average Bonchev–Trinajstić information content (AvgIpc) is 2.92. The smallest absolute Gasteiger partial charge is 0.409 e. The second-order valence-electron chi connectivity index (χ2n) is 5.04. The van der Waals surface area contributed by atoms with Gasteiger partial charge >= 0.3 is 6.09 Å². The van der Waals surface area contributed by atoms with Crippen molar-refractivity contribution in [2.24, 2.45) is 5.92 Å². The van der Waals surface area contributed by atoms with Crippen LogP contribution in [0.5, 0.6) is 0 Å². The summed E-state index contributed by atoms with van der Waals surface area (Å²) in [5.74, 6) is 0.621. The van der Waals surface area contributed by atoms with E-state index in [1.165, 1.54) is 0 Å². The second-order valence-corrected chi connectivity index (χ2v) is 5.04. The van der Waals surface area contributed by atoms with Crippen LogP contribution in [0.4, 0.5) is 4.79 Å². The molecule has 0 N–H and O–H groups in total. The summed E-state index contributed by atoms with van der Waals surface area (Å²) in [7, 11) is 0. The molecule has 1 aliphatic heterocycles. The van der Waals surface area contributed by atoms with Crippen molar-refractivity contribution in [3.8, 4) is 0 Å². The summed E-state index contributed by atoms with van der Waals surface area (Å²) < 4.78 is 4.96. The maximum Gasteiger partial charge on any atom is 0.409 e. The van der Waals surface area contributed by atoms with Crippen LogP contribution >= 0.6 is 0 Å². The zero-order chi connectivity index (χ0) is 13.7. The number of rotatable bonds is 3. The lowest BCUT2D eigenvalue weighted by atomic mass is 10.0. The summed E-state index contributed by atoms with van der Waals surface area (Å²) in [6, 6.07) is 0. The predicted octanol–water partition coefficient (Wildman–Crippen LogP) is 1.64. The van der Waals surface area contributed by atoms with Crippen LogP contribution in [0.15, 0.2) is 12.2 Å². The lowest BCUT2D eigenvalue weighted by Crippen LogP contribution is -2.50. The molecule has 0 aromatic rings. The van der Waals surface area contributed by atoms with Gasteiger partial charge in [0.15, 0.2) is 0 Å². The number of amides is 2. The molecular formula is C14H22N2O3. The highest BCUT2D eigenvalue weighted by Gasteiger charge is 2.26. The van der Waals surface area contributed by atoms with Gasteiger partial charge in [0.25, 0.3) is 0 Å². The van der Waals surface area contributed by atoms with Gasteiger partial charge in [0.2, 0.25) is 5.91 Å². The van der Waals surface area contributed by atoms with Crippen LogP contribution in [0.25, 0.3) is 0 Å². The Kier molecular flexibility index (Phi) is 4.82. The van der Waals surface area contributed by atoms with Crippen molar-refractivity contribution < 1.29 is 14.3 Å². The molecule has 19 heavy (non-hydrogen) atoms. The second kappa shape index (κ2) is 6.59. The van der Waals surface area contributed by atoms with Gasteiger partial charge < -0.3 is 14.5 Å². The van der Waals surface area contributed by atoms with Gasteiger partial charge in [0.05, 0.1) is 6.61 Å². The molecule has 0 unspecified atom stereocenters. The average molecular weight is 266 g/mol. The highest BCUT2D eigenvalue weighted by Crippen LogP contribution is 2.21. The van der Waals surface area contributed by atoms with E-state index < -0.39 is 0 Å². The summed E-state index contributed by atoms with van der Waals surface area (Å²) in [4.78, 5) is 27.2. The van der Waals surface area contributed by atoms with Crippen molar-refractivity contribution in [2.45, 2.75) is 26.2 Å². The van der Waals surface area contributed by atoms with Crippen molar-refractivity contribution in [1.29, 1.82) is 0 Å². The molecule has 2 amide bonds. The molecule has 106 valence electrons. The van der Waals surface area contributed by atoms with Gasteiger partial charge in [0, 0.05) is 32.6 Å². The third kappa shape index (κ3) is 3.72. The molecule has 1 fully saturated rings. The van der Waals surface area contributed by atoms with E-state index in [0.29, 0.717) is 45.1 Å². The fraction of sp³-hybridized carbons (Fsp3) is 0.714. The Hall–Kier alpha value is -1.52. The van der Waals surface area contributed by atoms with Crippen molar-refractivity contribution in [3.63, 3.8) is 0 Å². The van der Waals surface area contributed by atoms with E-state index in [1.54, 1.807) is 11.8 Å². The summed E-state index contributed by atoms with van der Waals surface area (Å²) in [5.41, 5.74) is 0. The van der Waals surface area contributed by atoms with Crippen LogP contribution in [0, 0.1) is 5.92 Å². The first kappa shape index (κ1) is 13.9. The molecule has 0 aromatic heterocycles. The lowest BCUT2D eigenvalue weighted by molar-refractivity contribution is -0.133. The Bertz CT molecular complexity index is 360. The van der Waals surface area contributed by atoms with Crippen LogP contribution in [0.3, 0.4) is 0 Å². The molecule has 5 heteroatoms. The van der Waals surface area contributed by atoms with E-state index in [4.69, 9.17) is 4.74 Å². The van der Waals surface area contributed by atoms with Crippen LogP contribution < -0.4 is 0 Å². The van der Waals surface area contributed by atoms with E-state index in [0.717, 1.165) is 12.8 Å². The van der Waals surface area contributed by atoms with Crippen LogP contribution in [-0.2, 0) is 9.53 Å². The maximum atomic E-state index is 12.1. The Morgan fingerprint density at radius 2 is 1.89 bits per heavy atom. The monoisotopic (exact) mass is 266 g/mol. The molecule has 2 rings (SSSR count). The minimum Gasteiger partial charge on any atom is -0.450 e. The Labute approximate surface area is 114 Å². The number of hydrogen-bond acceptors (Lipinski definition) is 3. The molecule has 1 heterocycles. The summed E-state index contributed by atoms with van der Waals surface area (Å²) in [6.45, 7) is 4.58. The largest absolute Gasteiger partial charge is 0.450 e. The topological polar surface area (TPSA) is 49.9 Å². The molecule has 0 radical (unpaired) electrons. The molecule has 0 saturated carbocycles. The van der Waals surface area contributed by atoms with E-state index in [9.17, 15) is 9.59 Å². The molecule has 1 atom stereocenters. The highest BCUT2D eigenvalue weighted by molar-refractivity contribution is 5.77. The number of carbonyl (C=O) groups is 2. The van der Waals surface area contributed by atoms with Crippen molar-refractivity contribution in [3.05, 3.63) is 12.2 Å². The van der Waals surface area contributed by atoms with Gasteiger partial charge in [-0.05, 0) is 25.7 Å².